The SMILES string of the molecule is CCOC(=O)c1c(NC(=O)c2oc3ccc(CC)cc3c2C)sc2c1CCC(C)C2. The highest BCUT2D eigenvalue weighted by atomic mass is 32.1. The Hall–Kier alpha value is -2.60. The lowest BCUT2D eigenvalue weighted by molar-refractivity contribution is 0.0526. The third-order valence-corrected chi connectivity index (χ3v) is 7.00. The highest BCUT2D eigenvalue weighted by Crippen LogP contribution is 2.40. The smallest absolute Gasteiger partial charge is 0.341 e. The molecular weight excluding hydrogens is 398 g/mol. The molecule has 0 radical (unpaired) electrons. The van der Waals surface area contributed by atoms with E-state index in [4.69, 9.17) is 9.15 Å². The predicted molar refractivity (Wildman–Crippen MR) is 120 cm³/mol. The molecule has 0 spiro atoms. The van der Waals surface area contributed by atoms with Crippen LogP contribution in [0.3, 0.4) is 0 Å². The van der Waals surface area contributed by atoms with Crippen molar-refractivity contribution in [3.8, 4) is 0 Å². The first-order valence-corrected chi connectivity index (χ1v) is 11.4. The molecule has 3 aromatic rings. The van der Waals surface area contributed by atoms with Gasteiger partial charge in [0.1, 0.15) is 10.6 Å². The molecule has 1 N–H and O–H groups in total. The number of aryl methyl sites for hydroxylation is 2. The molecule has 0 fully saturated rings. The second-order valence-electron chi connectivity index (χ2n) is 7.97. The number of carbonyl (C=O) groups is 2. The van der Waals surface area contributed by atoms with Gasteiger partial charge in [0.15, 0.2) is 5.76 Å². The first kappa shape index (κ1) is 20.7. The number of carbonyl (C=O) groups excluding carboxylic acids is 2. The second kappa shape index (κ2) is 8.26. The number of esters is 1. The monoisotopic (exact) mass is 425 g/mol. The Morgan fingerprint density at radius 1 is 1.30 bits per heavy atom. The molecule has 1 amide bonds. The summed E-state index contributed by atoms with van der Waals surface area (Å²) < 4.78 is 11.2. The number of hydrogen-bond acceptors (Lipinski definition) is 5. The molecule has 1 aliphatic carbocycles. The standard InChI is InChI=1S/C24H27NO4S/c1-5-15-8-10-18-17(12-15)14(4)21(29-18)22(26)25-23-20(24(27)28-6-2)16-9-7-13(3)11-19(16)30-23/h8,10,12-13H,5-7,9,11H2,1-4H3,(H,25,26). The van der Waals surface area contributed by atoms with Crippen molar-refractivity contribution < 1.29 is 18.7 Å². The summed E-state index contributed by atoms with van der Waals surface area (Å²) in [5.74, 6) is 0.153. The molecule has 4 rings (SSSR count). The van der Waals surface area contributed by atoms with E-state index in [2.05, 4.69) is 25.2 Å². The minimum atomic E-state index is -0.367. The highest BCUT2D eigenvalue weighted by Gasteiger charge is 2.30. The summed E-state index contributed by atoms with van der Waals surface area (Å²) in [6.07, 6.45) is 3.71. The van der Waals surface area contributed by atoms with Crippen LogP contribution in [0.1, 0.15) is 69.7 Å². The van der Waals surface area contributed by atoms with E-state index in [1.807, 2.05) is 19.1 Å². The number of benzene rings is 1. The average molecular weight is 426 g/mol. The maximum Gasteiger partial charge on any atom is 0.341 e. The van der Waals surface area contributed by atoms with Gasteiger partial charge in [0.05, 0.1) is 12.2 Å². The zero-order valence-corrected chi connectivity index (χ0v) is 18.7. The number of ether oxygens (including phenoxy) is 1. The summed E-state index contributed by atoms with van der Waals surface area (Å²) in [4.78, 5) is 27.0. The summed E-state index contributed by atoms with van der Waals surface area (Å²) in [7, 11) is 0. The van der Waals surface area contributed by atoms with Crippen LogP contribution in [0.5, 0.6) is 0 Å². The van der Waals surface area contributed by atoms with E-state index in [0.29, 0.717) is 28.7 Å². The van der Waals surface area contributed by atoms with Gasteiger partial charge in [0.2, 0.25) is 0 Å². The summed E-state index contributed by atoms with van der Waals surface area (Å²) >= 11 is 1.49. The van der Waals surface area contributed by atoms with Gasteiger partial charge in [-0.05, 0) is 68.7 Å². The van der Waals surface area contributed by atoms with Crippen LogP contribution in [0.15, 0.2) is 22.6 Å². The largest absolute Gasteiger partial charge is 0.462 e. The van der Waals surface area contributed by atoms with E-state index in [0.717, 1.165) is 42.2 Å². The molecule has 2 heterocycles. The van der Waals surface area contributed by atoms with Crippen LogP contribution >= 0.6 is 11.3 Å². The number of furan rings is 1. The van der Waals surface area contributed by atoms with Crippen molar-refractivity contribution in [1.82, 2.24) is 0 Å². The maximum atomic E-state index is 13.1. The van der Waals surface area contributed by atoms with Gasteiger partial charge in [-0.25, -0.2) is 4.79 Å². The van der Waals surface area contributed by atoms with E-state index in [9.17, 15) is 9.59 Å². The maximum absolute atomic E-state index is 13.1. The van der Waals surface area contributed by atoms with E-state index >= 15 is 0 Å². The third kappa shape index (κ3) is 3.65. The van der Waals surface area contributed by atoms with Crippen molar-refractivity contribution in [2.75, 3.05) is 11.9 Å². The molecule has 0 saturated heterocycles. The zero-order chi connectivity index (χ0) is 21.4. The fourth-order valence-corrected chi connectivity index (χ4v) is 5.52. The van der Waals surface area contributed by atoms with Crippen LogP contribution in [0.4, 0.5) is 5.00 Å². The summed E-state index contributed by atoms with van der Waals surface area (Å²) in [6, 6.07) is 5.99. The Labute approximate surface area is 180 Å². The number of fused-ring (bicyclic) bond motifs is 2. The van der Waals surface area contributed by atoms with Gasteiger partial charge in [0, 0.05) is 15.8 Å². The lowest BCUT2D eigenvalue weighted by atomic mass is 9.88. The minimum absolute atomic E-state index is 0.285. The van der Waals surface area contributed by atoms with Gasteiger partial charge >= 0.3 is 5.97 Å². The first-order chi connectivity index (χ1) is 14.4. The normalized spacial score (nSPS) is 15.8. The molecule has 30 heavy (non-hydrogen) atoms. The van der Waals surface area contributed by atoms with Gasteiger partial charge in [-0.2, -0.15) is 0 Å². The van der Waals surface area contributed by atoms with Crippen molar-refractivity contribution in [3.05, 3.63) is 51.1 Å². The molecule has 1 unspecified atom stereocenters. The fraction of sp³-hybridized carbons (Fsp3) is 0.417. The van der Waals surface area contributed by atoms with Gasteiger partial charge < -0.3 is 14.5 Å². The Bertz CT molecular complexity index is 1120. The molecule has 1 aromatic carbocycles. The Balaban J connectivity index is 1.70. The summed E-state index contributed by atoms with van der Waals surface area (Å²) in [6.45, 7) is 8.30. The number of hydrogen-bond donors (Lipinski definition) is 1. The van der Waals surface area contributed by atoms with E-state index in [-0.39, 0.29) is 17.6 Å². The molecule has 5 nitrogen and oxygen atoms in total. The van der Waals surface area contributed by atoms with Crippen LogP contribution in [0.25, 0.3) is 11.0 Å². The third-order valence-electron chi connectivity index (χ3n) is 5.83. The van der Waals surface area contributed by atoms with Crippen molar-refractivity contribution in [3.63, 3.8) is 0 Å². The number of thiophene rings is 1. The van der Waals surface area contributed by atoms with Crippen LogP contribution in [0.2, 0.25) is 0 Å². The van der Waals surface area contributed by atoms with E-state index < -0.39 is 0 Å². The van der Waals surface area contributed by atoms with Crippen molar-refractivity contribution >= 4 is 39.2 Å². The molecule has 158 valence electrons. The van der Waals surface area contributed by atoms with Crippen molar-refractivity contribution in [1.29, 1.82) is 0 Å². The molecular formula is C24H27NO4S. The molecule has 1 atom stereocenters. The van der Waals surface area contributed by atoms with Gasteiger partial charge in [0.25, 0.3) is 5.91 Å². The van der Waals surface area contributed by atoms with Crippen molar-refractivity contribution in [2.24, 2.45) is 5.92 Å². The number of rotatable bonds is 5. The quantitative estimate of drug-likeness (QED) is 0.515. The van der Waals surface area contributed by atoms with Crippen LogP contribution in [0, 0.1) is 12.8 Å². The Kier molecular flexibility index (Phi) is 5.69. The molecule has 1 aliphatic rings. The second-order valence-corrected chi connectivity index (χ2v) is 9.08. The van der Waals surface area contributed by atoms with Crippen LogP contribution in [-0.4, -0.2) is 18.5 Å². The molecule has 0 saturated carbocycles. The molecule has 2 aromatic heterocycles. The molecule has 0 bridgehead atoms. The molecule has 6 heteroatoms. The van der Waals surface area contributed by atoms with Crippen LogP contribution in [-0.2, 0) is 24.0 Å². The Morgan fingerprint density at radius 2 is 2.10 bits per heavy atom. The van der Waals surface area contributed by atoms with E-state index in [1.54, 1.807) is 6.92 Å². The first-order valence-electron chi connectivity index (χ1n) is 10.6. The van der Waals surface area contributed by atoms with E-state index in [1.165, 1.54) is 21.8 Å². The summed E-state index contributed by atoms with van der Waals surface area (Å²) in [5.41, 5.74) is 4.24. The lowest BCUT2D eigenvalue weighted by Gasteiger charge is -2.18. The van der Waals surface area contributed by atoms with Gasteiger partial charge in [-0.1, -0.05) is 19.9 Å². The van der Waals surface area contributed by atoms with Crippen LogP contribution < -0.4 is 5.32 Å². The average Bonchev–Trinajstić information content (AvgIpc) is 3.24. The van der Waals surface area contributed by atoms with Gasteiger partial charge in [-0.15, -0.1) is 11.3 Å². The van der Waals surface area contributed by atoms with Gasteiger partial charge in [-0.3, -0.25) is 4.79 Å². The topological polar surface area (TPSA) is 68.5 Å². The molecule has 0 aliphatic heterocycles. The summed E-state index contributed by atoms with van der Waals surface area (Å²) in [5, 5.41) is 4.46. The highest BCUT2D eigenvalue weighted by molar-refractivity contribution is 7.17. The number of anilines is 1. The number of nitrogens with one attached hydrogen (secondary N) is 1. The predicted octanol–water partition coefficient (Wildman–Crippen LogP) is 5.92. The zero-order valence-electron chi connectivity index (χ0n) is 17.9. The Morgan fingerprint density at radius 3 is 2.83 bits per heavy atom. The fourth-order valence-electron chi connectivity index (χ4n) is 4.12. The number of amides is 1. The van der Waals surface area contributed by atoms with Crippen molar-refractivity contribution in [2.45, 2.75) is 53.4 Å². The lowest BCUT2D eigenvalue weighted by Crippen LogP contribution is -2.16. The minimum Gasteiger partial charge on any atom is -0.462 e.